The zero-order valence-electron chi connectivity index (χ0n) is 25.7. The summed E-state index contributed by atoms with van der Waals surface area (Å²) in [7, 11) is -2.47. The molecule has 0 aliphatic rings. The Balaban J connectivity index is 1.64. The van der Waals surface area contributed by atoms with Gasteiger partial charge in [-0.2, -0.15) is 13.0 Å². The van der Waals surface area contributed by atoms with Gasteiger partial charge in [0.15, 0.2) is 0 Å². The second-order valence-electron chi connectivity index (χ2n) is 11.1. The van der Waals surface area contributed by atoms with Crippen LogP contribution in [0.4, 0.5) is 0 Å². The number of fused-ring (bicyclic) bond motifs is 2. The first-order valence-electron chi connectivity index (χ1n) is 14.7. The minimum atomic E-state index is -4.08. The van der Waals surface area contributed by atoms with Gasteiger partial charge in [-0.1, -0.05) is 36.4 Å². The van der Waals surface area contributed by atoms with E-state index in [1.807, 2.05) is 83.4 Å². The Bertz CT molecular complexity index is 2080. The highest BCUT2D eigenvalue weighted by Crippen LogP contribution is 2.31. The molecular formula is C36H34NO8S+. The van der Waals surface area contributed by atoms with Crippen LogP contribution in [0.25, 0.3) is 34.0 Å². The number of nitrogens with zero attached hydrogens (tertiary/aromatic N) is 1. The van der Waals surface area contributed by atoms with Crippen molar-refractivity contribution in [2.45, 2.75) is 33.2 Å². The maximum Gasteiger partial charge on any atom is 0.345 e. The number of carbonyl (C=O) groups excluding carboxylic acids is 1. The molecule has 9 nitrogen and oxygen atoms in total. The number of esters is 1. The summed E-state index contributed by atoms with van der Waals surface area (Å²) in [5, 5.41) is 10.7. The van der Waals surface area contributed by atoms with Gasteiger partial charge in [0, 0.05) is 18.6 Å². The number of para-hydroxylation sites is 1. The zero-order chi connectivity index (χ0) is 33.0. The van der Waals surface area contributed by atoms with Crippen LogP contribution >= 0.6 is 0 Å². The van der Waals surface area contributed by atoms with E-state index in [4.69, 9.17) is 9.47 Å². The molecule has 0 aliphatic carbocycles. The summed E-state index contributed by atoms with van der Waals surface area (Å²) in [4.78, 5) is 25.7. The van der Waals surface area contributed by atoms with E-state index in [0.29, 0.717) is 46.2 Å². The number of methoxy groups -OCH3 is 1. The number of hydrogen-bond acceptors (Lipinski definition) is 6. The summed E-state index contributed by atoms with van der Waals surface area (Å²) in [5.74, 6) is -0.953. The fourth-order valence-corrected chi connectivity index (χ4v) is 6.16. The van der Waals surface area contributed by atoms with Gasteiger partial charge in [0.1, 0.15) is 18.0 Å². The zero-order valence-corrected chi connectivity index (χ0v) is 26.5. The number of benzene rings is 4. The first-order chi connectivity index (χ1) is 21.9. The highest BCUT2D eigenvalue weighted by atomic mass is 32.2. The lowest BCUT2D eigenvalue weighted by atomic mass is 9.99. The molecule has 5 aromatic rings. The van der Waals surface area contributed by atoms with Crippen LogP contribution in [0.5, 0.6) is 11.5 Å². The molecule has 0 bridgehead atoms. The summed E-state index contributed by atoms with van der Waals surface area (Å²) in [6.07, 6.45) is 4.64. The SMILES string of the molecule is COc1ccc(C=Cc2ccc3c(c2)c(C(=O)Oc2c(C)cc(C(=O)O)cc2C)c2ccccc2[n+]3CCCCS(=O)(=O)O)cc1. The van der Waals surface area contributed by atoms with Crippen molar-refractivity contribution in [2.75, 3.05) is 12.9 Å². The molecule has 1 aromatic heterocycles. The topological polar surface area (TPSA) is 131 Å². The Morgan fingerprint density at radius 2 is 1.46 bits per heavy atom. The van der Waals surface area contributed by atoms with E-state index in [9.17, 15) is 27.7 Å². The Hall–Kier alpha value is -5.06. The van der Waals surface area contributed by atoms with Crippen molar-refractivity contribution in [2.24, 2.45) is 0 Å². The molecule has 236 valence electrons. The highest BCUT2D eigenvalue weighted by Gasteiger charge is 2.26. The number of carbonyl (C=O) groups is 2. The third-order valence-electron chi connectivity index (χ3n) is 7.77. The number of carboxylic acids is 1. The van der Waals surface area contributed by atoms with Gasteiger partial charge >= 0.3 is 11.9 Å². The molecule has 0 saturated heterocycles. The third-order valence-corrected chi connectivity index (χ3v) is 8.57. The normalized spacial score (nSPS) is 11.7. The number of unbranched alkanes of at least 4 members (excludes halogenated alkanes) is 1. The number of rotatable bonds is 11. The summed E-state index contributed by atoms with van der Waals surface area (Å²) < 4.78 is 45.2. The van der Waals surface area contributed by atoms with E-state index in [-0.39, 0.29) is 17.7 Å². The first kappa shape index (κ1) is 32.3. The molecule has 4 aromatic carbocycles. The maximum atomic E-state index is 14.1. The fraction of sp³-hybridized carbons (Fsp3) is 0.194. The molecule has 10 heteroatoms. The lowest BCUT2D eigenvalue weighted by molar-refractivity contribution is -0.645. The van der Waals surface area contributed by atoms with Crippen LogP contribution in [0.3, 0.4) is 0 Å². The van der Waals surface area contributed by atoms with Crippen molar-refractivity contribution >= 4 is 56.0 Å². The largest absolute Gasteiger partial charge is 0.497 e. The van der Waals surface area contributed by atoms with Crippen molar-refractivity contribution in [1.29, 1.82) is 0 Å². The van der Waals surface area contributed by atoms with Gasteiger partial charge in [-0.15, -0.1) is 0 Å². The summed E-state index contributed by atoms with van der Waals surface area (Å²) in [6, 6.07) is 23.8. The highest BCUT2D eigenvalue weighted by molar-refractivity contribution is 7.85. The maximum absolute atomic E-state index is 14.1. The van der Waals surface area contributed by atoms with E-state index in [1.165, 1.54) is 12.1 Å². The Morgan fingerprint density at radius 1 is 0.826 bits per heavy atom. The monoisotopic (exact) mass is 640 g/mol. The summed E-state index contributed by atoms with van der Waals surface area (Å²) in [6.45, 7) is 3.84. The number of carboxylic acid groups (broad SMARTS) is 1. The van der Waals surface area contributed by atoms with Crippen LogP contribution in [0.2, 0.25) is 0 Å². The molecule has 0 fully saturated rings. The number of pyridine rings is 1. The van der Waals surface area contributed by atoms with Gasteiger partial charge in [-0.05, 0) is 85.0 Å². The molecule has 0 aliphatic heterocycles. The lowest BCUT2D eigenvalue weighted by Crippen LogP contribution is -2.37. The number of hydrogen-bond donors (Lipinski definition) is 2. The fourth-order valence-electron chi connectivity index (χ4n) is 5.59. The van der Waals surface area contributed by atoms with Crippen molar-refractivity contribution in [3.63, 3.8) is 0 Å². The molecule has 0 spiro atoms. The lowest BCUT2D eigenvalue weighted by Gasteiger charge is -2.15. The van der Waals surface area contributed by atoms with Crippen molar-refractivity contribution < 1.29 is 41.7 Å². The minimum absolute atomic E-state index is 0.105. The molecule has 0 radical (unpaired) electrons. The molecule has 46 heavy (non-hydrogen) atoms. The molecule has 2 N–H and O–H groups in total. The van der Waals surface area contributed by atoms with Gasteiger partial charge in [0.2, 0.25) is 11.0 Å². The van der Waals surface area contributed by atoms with Crippen LogP contribution in [0.1, 0.15) is 55.8 Å². The Kier molecular flexibility index (Phi) is 9.50. The molecule has 0 atom stereocenters. The second-order valence-corrected chi connectivity index (χ2v) is 12.6. The van der Waals surface area contributed by atoms with Gasteiger partial charge in [0.25, 0.3) is 10.1 Å². The van der Waals surface area contributed by atoms with E-state index in [2.05, 4.69) is 0 Å². The van der Waals surface area contributed by atoms with E-state index >= 15 is 0 Å². The average molecular weight is 641 g/mol. The predicted octanol–water partition coefficient (Wildman–Crippen LogP) is 6.66. The molecular weight excluding hydrogens is 606 g/mol. The number of ether oxygens (including phenoxy) is 2. The quantitative estimate of drug-likeness (QED) is 0.0312. The van der Waals surface area contributed by atoms with E-state index in [0.717, 1.165) is 27.9 Å². The first-order valence-corrected chi connectivity index (χ1v) is 16.3. The third kappa shape index (κ3) is 7.25. The summed E-state index contributed by atoms with van der Waals surface area (Å²) in [5.41, 5.74) is 4.79. The Morgan fingerprint density at radius 3 is 2.11 bits per heavy atom. The van der Waals surface area contributed by atoms with Crippen molar-refractivity contribution in [1.82, 2.24) is 0 Å². The van der Waals surface area contributed by atoms with Gasteiger partial charge in [-0.3, -0.25) is 4.55 Å². The minimum Gasteiger partial charge on any atom is -0.497 e. The molecule has 1 heterocycles. The molecule has 0 amide bonds. The summed E-state index contributed by atoms with van der Waals surface area (Å²) >= 11 is 0. The van der Waals surface area contributed by atoms with Crippen LogP contribution in [-0.4, -0.2) is 42.9 Å². The molecule has 0 saturated carbocycles. The molecule has 5 rings (SSSR count). The van der Waals surface area contributed by atoms with Crippen LogP contribution in [0, 0.1) is 13.8 Å². The van der Waals surface area contributed by atoms with Crippen LogP contribution in [-0.2, 0) is 16.7 Å². The average Bonchev–Trinajstić information content (AvgIpc) is 3.02. The van der Waals surface area contributed by atoms with Gasteiger partial charge in [0.05, 0.1) is 34.8 Å². The van der Waals surface area contributed by atoms with Crippen LogP contribution in [0.15, 0.2) is 78.9 Å². The van der Waals surface area contributed by atoms with E-state index in [1.54, 1.807) is 21.0 Å². The number of aromatic carboxylic acids is 1. The second kappa shape index (κ2) is 13.5. The van der Waals surface area contributed by atoms with Crippen molar-refractivity contribution in [3.8, 4) is 11.5 Å². The van der Waals surface area contributed by atoms with Crippen LogP contribution < -0.4 is 14.0 Å². The van der Waals surface area contributed by atoms with Gasteiger partial charge < -0.3 is 14.6 Å². The van der Waals surface area contributed by atoms with E-state index < -0.39 is 22.1 Å². The number of aromatic nitrogens is 1. The van der Waals surface area contributed by atoms with Gasteiger partial charge in [-0.25, -0.2) is 9.59 Å². The standard InChI is InChI=1S/C36H33NO8S/c1-23-20-27(35(38)39)21-24(2)34(23)45-36(40)33-29-8-4-5-9-31(29)37(18-6-7-19-46(41,42)43)32-17-14-26(22-30(32)33)11-10-25-12-15-28(44-3)16-13-25/h4-5,8-17,20-22H,6-7,18-19H2,1-3H3,(H-,38,39,41,42,43)/p+1. The Labute approximate surface area is 267 Å². The number of aryl methyl sites for hydroxylation is 3. The predicted molar refractivity (Wildman–Crippen MR) is 177 cm³/mol. The molecule has 0 unspecified atom stereocenters. The smallest absolute Gasteiger partial charge is 0.345 e. The van der Waals surface area contributed by atoms with Crippen molar-refractivity contribution in [3.05, 3.63) is 112 Å².